The number of hydrogen-bond donors (Lipinski definition) is 1. The van der Waals surface area contributed by atoms with Crippen LogP contribution in [0.5, 0.6) is 11.5 Å². The van der Waals surface area contributed by atoms with Gasteiger partial charge in [0.05, 0.1) is 0 Å². The molecule has 2 aliphatic rings. The fourth-order valence-electron chi connectivity index (χ4n) is 2.33. The Morgan fingerprint density at radius 3 is 2.68 bits per heavy atom. The van der Waals surface area contributed by atoms with Crippen molar-refractivity contribution >= 4 is 11.7 Å². The lowest BCUT2D eigenvalue weighted by Gasteiger charge is -2.28. The van der Waals surface area contributed by atoms with Gasteiger partial charge in [0.15, 0.2) is 11.5 Å². The Labute approximate surface area is 111 Å². The maximum Gasteiger partial charge on any atom is 0.331 e. The van der Waals surface area contributed by atoms with E-state index in [0.717, 1.165) is 17.2 Å². The van der Waals surface area contributed by atoms with E-state index in [1.807, 2.05) is 18.2 Å². The molecule has 0 unspecified atom stereocenters. The molecule has 19 heavy (non-hydrogen) atoms. The summed E-state index contributed by atoms with van der Waals surface area (Å²) < 4.78 is 11.0. The van der Waals surface area contributed by atoms with Gasteiger partial charge >= 0.3 is 5.97 Å². The Morgan fingerprint density at radius 2 is 2.00 bits per heavy atom. The maximum atomic E-state index is 10.9. The lowest BCUT2D eigenvalue weighted by atomic mass is 10.1. The van der Waals surface area contributed by atoms with E-state index in [1.165, 1.54) is 0 Å². The van der Waals surface area contributed by atoms with Gasteiger partial charge in [-0.1, -0.05) is 6.08 Å². The first kappa shape index (κ1) is 11.9. The number of rotatable bonds is 2. The van der Waals surface area contributed by atoms with Gasteiger partial charge in [-0.25, -0.2) is 4.79 Å². The van der Waals surface area contributed by atoms with Gasteiger partial charge in [0, 0.05) is 30.4 Å². The number of carboxylic acid groups (broad SMARTS) is 1. The van der Waals surface area contributed by atoms with Crippen molar-refractivity contribution in [2.24, 2.45) is 0 Å². The standard InChI is InChI=1S/C14H15NO4/c16-14(17)10-3-5-15(6-4-10)11-1-2-12-13(9-11)19-8-7-18-12/h1-3,9H,4-8H2,(H,16,17). The van der Waals surface area contributed by atoms with Gasteiger partial charge in [-0.2, -0.15) is 0 Å². The van der Waals surface area contributed by atoms with Gasteiger partial charge < -0.3 is 19.5 Å². The first-order valence-corrected chi connectivity index (χ1v) is 6.31. The van der Waals surface area contributed by atoms with Gasteiger partial charge in [0.25, 0.3) is 0 Å². The second-order valence-electron chi connectivity index (χ2n) is 4.56. The normalized spacial score (nSPS) is 17.9. The number of aliphatic carboxylic acids is 1. The lowest BCUT2D eigenvalue weighted by Crippen LogP contribution is -2.30. The molecule has 5 heteroatoms. The fraction of sp³-hybridized carbons (Fsp3) is 0.357. The maximum absolute atomic E-state index is 10.9. The molecule has 5 nitrogen and oxygen atoms in total. The second-order valence-corrected chi connectivity index (χ2v) is 4.56. The van der Waals surface area contributed by atoms with E-state index >= 15 is 0 Å². The Kier molecular flexibility index (Phi) is 3.03. The van der Waals surface area contributed by atoms with Crippen LogP contribution in [0.4, 0.5) is 5.69 Å². The first-order valence-electron chi connectivity index (χ1n) is 6.31. The van der Waals surface area contributed by atoms with Crippen molar-refractivity contribution in [2.45, 2.75) is 6.42 Å². The van der Waals surface area contributed by atoms with Crippen molar-refractivity contribution < 1.29 is 19.4 Å². The van der Waals surface area contributed by atoms with E-state index in [1.54, 1.807) is 6.08 Å². The predicted molar refractivity (Wildman–Crippen MR) is 70.0 cm³/mol. The summed E-state index contributed by atoms with van der Waals surface area (Å²) in [4.78, 5) is 13.0. The fourth-order valence-corrected chi connectivity index (χ4v) is 2.33. The highest BCUT2D eigenvalue weighted by molar-refractivity contribution is 5.87. The van der Waals surface area contributed by atoms with Crippen LogP contribution in [0.2, 0.25) is 0 Å². The van der Waals surface area contributed by atoms with Crippen LogP contribution in [-0.4, -0.2) is 37.4 Å². The largest absolute Gasteiger partial charge is 0.486 e. The molecule has 1 aromatic rings. The van der Waals surface area contributed by atoms with Crippen LogP contribution in [0, 0.1) is 0 Å². The molecule has 0 spiro atoms. The molecule has 0 fully saturated rings. The van der Waals surface area contributed by atoms with Crippen LogP contribution < -0.4 is 14.4 Å². The molecule has 1 aromatic carbocycles. The van der Waals surface area contributed by atoms with Gasteiger partial charge in [0.1, 0.15) is 13.2 Å². The first-order chi connectivity index (χ1) is 9.24. The molecule has 0 aromatic heterocycles. The topological polar surface area (TPSA) is 59.0 Å². The van der Waals surface area contributed by atoms with E-state index < -0.39 is 5.97 Å². The molecule has 100 valence electrons. The molecule has 2 aliphatic heterocycles. The zero-order chi connectivity index (χ0) is 13.2. The molecule has 0 radical (unpaired) electrons. The number of ether oxygens (including phenoxy) is 2. The highest BCUT2D eigenvalue weighted by atomic mass is 16.6. The monoisotopic (exact) mass is 261 g/mol. The van der Waals surface area contributed by atoms with E-state index in [9.17, 15) is 4.79 Å². The van der Waals surface area contributed by atoms with E-state index in [4.69, 9.17) is 14.6 Å². The van der Waals surface area contributed by atoms with Crippen LogP contribution in [-0.2, 0) is 4.79 Å². The SMILES string of the molecule is O=C(O)C1=CCN(c2ccc3c(c2)OCCO3)CC1. The molecule has 0 aliphatic carbocycles. The number of nitrogens with zero attached hydrogens (tertiary/aromatic N) is 1. The molecular formula is C14H15NO4. The van der Waals surface area contributed by atoms with Crippen molar-refractivity contribution in [2.75, 3.05) is 31.2 Å². The number of carbonyl (C=O) groups is 1. The average molecular weight is 261 g/mol. The van der Waals surface area contributed by atoms with Crippen molar-refractivity contribution in [3.8, 4) is 11.5 Å². The second kappa shape index (κ2) is 4.84. The third-order valence-corrected chi connectivity index (χ3v) is 3.37. The quantitative estimate of drug-likeness (QED) is 0.877. The van der Waals surface area contributed by atoms with Gasteiger partial charge in [-0.15, -0.1) is 0 Å². The molecule has 0 atom stereocenters. The molecule has 0 bridgehead atoms. The molecule has 0 amide bonds. The van der Waals surface area contributed by atoms with E-state index in [-0.39, 0.29) is 0 Å². The lowest BCUT2D eigenvalue weighted by molar-refractivity contribution is -0.132. The minimum atomic E-state index is -0.818. The van der Waals surface area contributed by atoms with Crippen molar-refractivity contribution in [3.63, 3.8) is 0 Å². The number of hydrogen-bond acceptors (Lipinski definition) is 4. The summed E-state index contributed by atoms with van der Waals surface area (Å²) in [5, 5.41) is 8.93. The smallest absolute Gasteiger partial charge is 0.331 e. The summed E-state index contributed by atoms with van der Waals surface area (Å²) in [6.07, 6.45) is 2.33. The number of anilines is 1. The Bertz CT molecular complexity index is 538. The Balaban J connectivity index is 1.78. The van der Waals surface area contributed by atoms with Crippen molar-refractivity contribution in [3.05, 3.63) is 29.8 Å². The molecule has 3 rings (SSSR count). The van der Waals surface area contributed by atoms with Gasteiger partial charge in [-0.3, -0.25) is 0 Å². The number of carboxylic acids is 1. The number of benzene rings is 1. The van der Waals surface area contributed by atoms with Crippen molar-refractivity contribution in [1.82, 2.24) is 0 Å². The Hall–Kier alpha value is -2.17. The average Bonchev–Trinajstić information content (AvgIpc) is 2.47. The van der Waals surface area contributed by atoms with Gasteiger partial charge in [-0.05, 0) is 18.6 Å². The molecule has 1 N–H and O–H groups in total. The highest BCUT2D eigenvalue weighted by Gasteiger charge is 2.18. The van der Waals surface area contributed by atoms with Crippen molar-refractivity contribution in [1.29, 1.82) is 0 Å². The minimum Gasteiger partial charge on any atom is -0.486 e. The third-order valence-electron chi connectivity index (χ3n) is 3.37. The summed E-state index contributed by atoms with van der Waals surface area (Å²) in [7, 11) is 0. The summed E-state index contributed by atoms with van der Waals surface area (Å²) >= 11 is 0. The zero-order valence-electron chi connectivity index (χ0n) is 10.5. The van der Waals surface area contributed by atoms with Crippen LogP contribution in [0.1, 0.15) is 6.42 Å². The third kappa shape index (κ3) is 2.36. The summed E-state index contributed by atoms with van der Waals surface area (Å²) in [5.74, 6) is 0.715. The number of fused-ring (bicyclic) bond motifs is 1. The summed E-state index contributed by atoms with van der Waals surface area (Å²) in [6, 6.07) is 5.83. The Morgan fingerprint density at radius 1 is 1.21 bits per heavy atom. The summed E-state index contributed by atoms with van der Waals surface area (Å²) in [6.45, 7) is 2.47. The van der Waals surface area contributed by atoms with Crippen LogP contribution in [0.25, 0.3) is 0 Å². The highest BCUT2D eigenvalue weighted by Crippen LogP contribution is 2.34. The molecular weight excluding hydrogens is 246 g/mol. The zero-order valence-corrected chi connectivity index (χ0v) is 10.5. The summed E-state index contributed by atoms with van der Waals surface area (Å²) in [5.41, 5.74) is 1.53. The van der Waals surface area contributed by atoms with E-state index in [2.05, 4.69) is 4.90 Å². The van der Waals surface area contributed by atoms with Crippen LogP contribution >= 0.6 is 0 Å². The minimum absolute atomic E-state index is 0.494. The molecule has 0 saturated heterocycles. The van der Waals surface area contributed by atoms with Crippen LogP contribution in [0.15, 0.2) is 29.8 Å². The van der Waals surface area contributed by atoms with Crippen LogP contribution in [0.3, 0.4) is 0 Å². The molecule has 2 heterocycles. The predicted octanol–water partition coefficient (Wildman–Crippen LogP) is 1.68. The van der Waals surface area contributed by atoms with Gasteiger partial charge in [0.2, 0.25) is 0 Å². The molecule has 0 saturated carbocycles. The van der Waals surface area contributed by atoms with E-state index in [0.29, 0.717) is 38.3 Å².